The fourth-order valence-electron chi connectivity index (χ4n) is 1.92. The number of rotatable bonds is 0. The molecule has 0 aliphatic carbocycles. The van der Waals surface area contributed by atoms with Gasteiger partial charge in [0.25, 0.3) is 0 Å². The van der Waals surface area contributed by atoms with Crippen molar-refractivity contribution in [3.8, 4) is 0 Å². The van der Waals surface area contributed by atoms with Crippen LogP contribution in [0.3, 0.4) is 0 Å². The van der Waals surface area contributed by atoms with E-state index in [0.29, 0.717) is 5.82 Å². The first-order chi connectivity index (χ1) is 7.34. The van der Waals surface area contributed by atoms with E-state index in [1.54, 1.807) is 6.07 Å². The van der Waals surface area contributed by atoms with Gasteiger partial charge in [-0.25, -0.2) is 0 Å². The normalized spacial score (nSPS) is 18.7. The van der Waals surface area contributed by atoms with Gasteiger partial charge in [-0.15, -0.1) is 0 Å². The van der Waals surface area contributed by atoms with Gasteiger partial charge in [-0.05, 0) is 12.1 Å². The highest BCUT2D eigenvalue weighted by molar-refractivity contribution is 5.72. The summed E-state index contributed by atoms with van der Waals surface area (Å²) in [6.45, 7) is 2.52. The summed E-state index contributed by atoms with van der Waals surface area (Å²) in [4.78, 5) is 5.97. The van der Waals surface area contributed by atoms with Crippen molar-refractivity contribution in [1.82, 2.24) is 10.3 Å². The molecule has 2 aliphatic heterocycles. The Morgan fingerprint density at radius 1 is 1.40 bits per heavy atom. The maximum Gasteiger partial charge on any atom is 0.214 e. The van der Waals surface area contributed by atoms with Gasteiger partial charge in [0.05, 0.1) is 5.69 Å². The number of nitrogens with zero attached hydrogens (tertiary/aromatic N) is 2. The van der Waals surface area contributed by atoms with Crippen LogP contribution in [-0.2, 0) is 0 Å². The van der Waals surface area contributed by atoms with Crippen LogP contribution in [0.5, 0.6) is 0 Å². The topological polar surface area (TPSA) is 40.2 Å². The second kappa shape index (κ2) is 3.20. The smallest absolute Gasteiger partial charge is 0.214 e. The third kappa shape index (κ3) is 1.35. The summed E-state index contributed by atoms with van der Waals surface area (Å²) in [5.74, 6) is 0.254. The van der Waals surface area contributed by atoms with Crippen molar-refractivity contribution in [2.75, 3.05) is 29.9 Å². The zero-order valence-corrected chi connectivity index (χ0v) is 8.13. The summed E-state index contributed by atoms with van der Waals surface area (Å²) < 4.78 is 13.1. The van der Waals surface area contributed by atoms with Crippen LogP contribution >= 0.6 is 0 Å². The Labute approximate surface area is 86.8 Å². The molecule has 0 amide bonds. The number of fused-ring (bicyclic) bond motifs is 3. The lowest BCUT2D eigenvalue weighted by Gasteiger charge is -2.35. The predicted molar refractivity (Wildman–Crippen MR) is 56.1 cm³/mol. The van der Waals surface area contributed by atoms with Crippen LogP contribution in [0.1, 0.15) is 0 Å². The number of aromatic nitrogens is 1. The summed E-state index contributed by atoms with van der Waals surface area (Å²) in [5, 5.41) is 6.37. The molecule has 0 atom stereocenters. The summed E-state index contributed by atoms with van der Waals surface area (Å²) >= 11 is 0. The minimum atomic E-state index is -0.435. The Morgan fingerprint density at radius 2 is 2.33 bits per heavy atom. The molecule has 78 valence electrons. The van der Waals surface area contributed by atoms with Gasteiger partial charge in [-0.1, -0.05) is 0 Å². The fraction of sp³-hybridized carbons (Fsp3) is 0.300. The van der Waals surface area contributed by atoms with E-state index in [-0.39, 0.29) is 0 Å². The zero-order valence-electron chi connectivity index (χ0n) is 8.13. The molecule has 0 unspecified atom stereocenters. The first-order valence-corrected chi connectivity index (χ1v) is 4.95. The van der Waals surface area contributed by atoms with Crippen LogP contribution in [-0.4, -0.2) is 24.6 Å². The van der Waals surface area contributed by atoms with Crippen molar-refractivity contribution in [1.29, 1.82) is 0 Å². The molecule has 2 N–H and O–H groups in total. The minimum Gasteiger partial charge on any atom is -0.357 e. The third-order valence-electron chi connectivity index (χ3n) is 2.66. The lowest BCUT2D eigenvalue weighted by atomic mass is 10.2. The predicted octanol–water partition coefficient (Wildman–Crippen LogP) is 0.897. The lowest BCUT2D eigenvalue weighted by Crippen LogP contribution is -2.44. The average Bonchev–Trinajstić information content (AvgIpc) is 2.29. The van der Waals surface area contributed by atoms with Crippen LogP contribution in [0, 0.1) is 5.95 Å². The maximum absolute atomic E-state index is 13.1. The summed E-state index contributed by atoms with van der Waals surface area (Å²) in [5.41, 5.74) is 1.97. The van der Waals surface area contributed by atoms with E-state index in [9.17, 15) is 4.39 Å². The van der Waals surface area contributed by atoms with Crippen LogP contribution < -0.4 is 15.5 Å². The second-order valence-electron chi connectivity index (χ2n) is 3.61. The largest absolute Gasteiger partial charge is 0.357 e. The van der Waals surface area contributed by atoms with Gasteiger partial charge >= 0.3 is 0 Å². The van der Waals surface area contributed by atoms with Gasteiger partial charge in [-0.3, -0.25) is 0 Å². The number of hydrogen-bond acceptors (Lipinski definition) is 4. The Bertz CT molecular complexity index is 429. The minimum absolute atomic E-state index is 0.435. The maximum atomic E-state index is 13.1. The molecule has 0 spiro atoms. The molecule has 15 heavy (non-hydrogen) atoms. The van der Waals surface area contributed by atoms with Crippen molar-refractivity contribution >= 4 is 11.5 Å². The molecule has 0 bridgehead atoms. The molecule has 1 saturated heterocycles. The number of hydrogen-bond donors (Lipinski definition) is 2. The molecule has 1 aromatic rings. The number of pyridine rings is 1. The second-order valence-corrected chi connectivity index (χ2v) is 3.61. The Kier molecular flexibility index (Phi) is 1.85. The van der Waals surface area contributed by atoms with Crippen molar-refractivity contribution < 1.29 is 4.39 Å². The van der Waals surface area contributed by atoms with E-state index in [1.165, 1.54) is 6.07 Å². The number of anilines is 2. The lowest BCUT2D eigenvalue weighted by molar-refractivity contribution is 0.576. The zero-order chi connectivity index (χ0) is 10.3. The first kappa shape index (κ1) is 8.67. The SMILES string of the molecule is Fc1ccc2c(n1)N1CCNCC1=CN2. The van der Waals surface area contributed by atoms with Gasteiger partial charge < -0.3 is 15.5 Å². The van der Waals surface area contributed by atoms with Gasteiger partial charge in [0.1, 0.15) is 0 Å². The number of piperazine rings is 1. The highest BCUT2D eigenvalue weighted by Gasteiger charge is 2.23. The van der Waals surface area contributed by atoms with E-state index < -0.39 is 5.95 Å². The van der Waals surface area contributed by atoms with E-state index >= 15 is 0 Å². The summed E-state index contributed by atoms with van der Waals surface area (Å²) in [7, 11) is 0. The van der Waals surface area contributed by atoms with E-state index in [4.69, 9.17) is 0 Å². The quantitative estimate of drug-likeness (QED) is 0.619. The van der Waals surface area contributed by atoms with Crippen molar-refractivity contribution in [3.63, 3.8) is 0 Å². The van der Waals surface area contributed by atoms with E-state index in [2.05, 4.69) is 15.6 Å². The molecule has 3 rings (SSSR count). The first-order valence-electron chi connectivity index (χ1n) is 4.95. The number of nitrogens with one attached hydrogen (secondary N) is 2. The molecule has 0 radical (unpaired) electrons. The molecule has 4 nitrogen and oxygen atoms in total. The van der Waals surface area contributed by atoms with Crippen LogP contribution in [0.15, 0.2) is 24.0 Å². The monoisotopic (exact) mass is 206 g/mol. The molecule has 1 fully saturated rings. The van der Waals surface area contributed by atoms with Crippen molar-refractivity contribution in [2.24, 2.45) is 0 Å². The van der Waals surface area contributed by atoms with Gasteiger partial charge in [0.2, 0.25) is 5.95 Å². The molecule has 0 aromatic carbocycles. The van der Waals surface area contributed by atoms with Gasteiger partial charge in [0.15, 0.2) is 5.82 Å². The van der Waals surface area contributed by atoms with Crippen molar-refractivity contribution in [2.45, 2.75) is 0 Å². The molecule has 0 saturated carbocycles. The average molecular weight is 206 g/mol. The Hall–Kier alpha value is -1.62. The molecule has 3 heterocycles. The Morgan fingerprint density at radius 3 is 3.27 bits per heavy atom. The molecule has 2 aliphatic rings. The summed E-state index contributed by atoms with van der Waals surface area (Å²) in [6.07, 6.45) is 1.94. The highest BCUT2D eigenvalue weighted by atomic mass is 19.1. The molecule has 1 aromatic heterocycles. The van der Waals surface area contributed by atoms with Gasteiger partial charge in [-0.2, -0.15) is 9.37 Å². The van der Waals surface area contributed by atoms with E-state index in [1.807, 2.05) is 11.1 Å². The standard InChI is InChI=1S/C10H11FN4/c11-9-2-1-8-10(14-9)15-4-3-12-5-7(15)6-13-8/h1-2,6,12-13H,3-5H2. The van der Waals surface area contributed by atoms with Gasteiger partial charge in [0, 0.05) is 31.5 Å². The number of halogens is 1. The van der Waals surface area contributed by atoms with E-state index in [0.717, 1.165) is 31.0 Å². The highest BCUT2D eigenvalue weighted by Crippen LogP contribution is 2.30. The Balaban J connectivity index is 2.06. The molecule has 5 heteroatoms. The van der Waals surface area contributed by atoms with Crippen molar-refractivity contribution in [3.05, 3.63) is 30.0 Å². The molecular formula is C10H11FN4. The van der Waals surface area contributed by atoms with Crippen LogP contribution in [0.2, 0.25) is 0 Å². The van der Waals surface area contributed by atoms with Crippen LogP contribution in [0.25, 0.3) is 0 Å². The third-order valence-corrected chi connectivity index (χ3v) is 2.66. The summed E-state index contributed by atoms with van der Waals surface area (Å²) in [6, 6.07) is 3.08. The molecular weight excluding hydrogens is 195 g/mol. The fourth-order valence-corrected chi connectivity index (χ4v) is 1.92. The van der Waals surface area contributed by atoms with Crippen LogP contribution in [0.4, 0.5) is 15.9 Å².